The number of aromatic amines is 2. The Kier molecular flexibility index (Phi) is 5.52. The van der Waals surface area contributed by atoms with Crippen LogP contribution in [-0.2, 0) is 6.54 Å². The van der Waals surface area contributed by atoms with Crippen LogP contribution >= 0.6 is 11.6 Å². The molecule has 9 nitrogen and oxygen atoms in total. The van der Waals surface area contributed by atoms with E-state index in [2.05, 4.69) is 25.6 Å². The molecule has 0 aliphatic carbocycles. The molecule has 168 valence electrons. The first-order chi connectivity index (χ1) is 16.5. The number of pyridine rings is 2. The highest BCUT2D eigenvalue weighted by molar-refractivity contribution is 6.31. The van der Waals surface area contributed by atoms with E-state index in [-0.39, 0.29) is 22.8 Å². The molecule has 10 heteroatoms. The predicted molar refractivity (Wildman–Crippen MR) is 133 cm³/mol. The number of hydrogen-bond donors (Lipinski definition) is 3. The van der Waals surface area contributed by atoms with Crippen molar-refractivity contribution in [2.24, 2.45) is 5.10 Å². The summed E-state index contributed by atoms with van der Waals surface area (Å²) in [5.74, 6) is 0.626. The Hall–Kier alpha value is -4.50. The topological polar surface area (TPSA) is 125 Å². The zero-order valence-electron chi connectivity index (χ0n) is 17.6. The average Bonchev–Trinajstić information content (AvgIpc) is 2.84. The van der Waals surface area contributed by atoms with Crippen molar-refractivity contribution in [3.05, 3.63) is 114 Å². The molecule has 3 N–H and O–H groups in total. The fraction of sp³-hybridized carbons (Fsp3) is 0.0417. The number of nitrogens with zero attached hydrogens (tertiary/aromatic N) is 3. The van der Waals surface area contributed by atoms with E-state index < -0.39 is 16.5 Å². The van der Waals surface area contributed by atoms with Gasteiger partial charge in [0.2, 0.25) is 5.43 Å². The monoisotopic (exact) mass is 472 g/mol. The summed E-state index contributed by atoms with van der Waals surface area (Å²) in [6.07, 6.45) is 3.30. The molecule has 0 saturated carbocycles. The molecule has 34 heavy (non-hydrogen) atoms. The summed E-state index contributed by atoms with van der Waals surface area (Å²) >= 11 is 5.99. The lowest BCUT2D eigenvalue weighted by molar-refractivity contribution is 0.636. The maximum absolute atomic E-state index is 13.1. The van der Waals surface area contributed by atoms with Gasteiger partial charge >= 0.3 is 0 Å². The maximum atomic E-state index is 13.1. The molecule has 0 fully saturated rings. The largest absolute Gasteiger partial charge is 0.350 e. The van der Waals surface area contributed by atoms with Crippen LogP contribution < -0.4 is 22.0 Å². The minimum Gasteiger partial charge on any atom is -0.350 e. The second kappa shape index (κ2) is 8.80. The second-order valence-corrected chi connectivity index (χ2v) is 7.99. The SMILES string of the molecule is O=c1[nH]n(Cc2ccc(/C=N\Nc3ccccn3)cc2)c(=O)c2c(=O)c3ccc(Cl)cc3[nH]c12. The smallest absolute Gasteiger partial charge is 0.287 e. The number of hydrogen-bond acceptors (Lipinski definition) is 6. The summed E-state index contributed by atoms with van der Waals surface area (Å²) in [6.45, 7) is 0.0890. The molecule has 0 radical (unpaired) electrons. The third-order valence-electron chi connectivity index (χ3n) is 5.26. The highest BCUT2D eigenvalue weighted by Crippen LogP contribution is 2.16. The number of rotatable bonds is 5. The Morgan fingerprint density at radius 1 is 1.06 bits per heavy atom. The number of benzene rings is 2. The Labute approximate surface area is 196 Å². The van der Waals surface area contributed by atoms with Crippen LogP contribution in [0.25, 0.3) is 21.8 Å². The third-order valence-corrected chi connectivity index (χ3v) is 5.50. The van der Waals surface area contributed by atoms with Crippen molar-refractivity contribution in [2.75, 3.05) is 5.43 Å². The van der Waals surface area contributed by atoms with Gasteiger partial charge in [0.15, 0.2) is 0 Å². The zero-order valence-corrected chi connectivity index (χ0v) is 18.3. The van der Waals surface area contributed by atoms with Crippen LogP contribution in [0.4, 0.5) is 5.82 Å². The number of H-pyrrole nitrogens is 2. The van der Waals surface area contributed by atoms with Gasteiger partial charge in [0.25, 0.3) is 11.1 Å². The van der Waals surface area contributed by atoms with Gasteiger partial charge in [0.05, 0.1) is 18.3 Å². The van der Waals surface area contributed by atoms with E-state index in [0.717, 1.165) is 15.8 Å². The lowest BCUT2D eigenvalue weighted by Gasteiger charge is -2.08. The van der Waals surface area contributed by atoms with Gasteiger partial charge in [-0.25, -0.2) is 9.67 Å². The fourth-order valence-corrected chi connectivity index (χ4v) is 3.78. The molecule has 3 aromatic heterocycles. The van der Waals surface area contributed by atoms with E-state index in [1.54, 1.807) is 30.6 Å². The predicted octanol–water partition coefficient (Wildman–Crippen LogP) is 3.07. The zero-order chi connectivity index (χ0) is 23.7. The third kappa shape index (κ3) is 4.12. The van der Waals surface area contributed by atoms with Gasteiger partial charge in [-0.2, -0.15) is 5.10 Å². The summed E-state index contributed by atoms with van der Waals surface area (Å²) in [4.78, 5) is 45.7. The molecule has 0 amide bonds. The minimum atomic E-state index is -0.585. The van der Waals surface area contributed by atoms with Crippen LogP contribution in [0.5, 0.6) is 0 Å². The van der Waals surface area contributed by atoms with Crippen LogP contribution in [0.3, 0.4) is 0 Å². The van der Waals surface area contributed by atoms with Gasteiger partial charge in [-0.05, 0) is 41.5 Å². The molecular formula is C24H17ClN6O3. The van der Waals surface area contributed by atoms with Crippen LogP contribution in [0.1, 0.15) is 11.1 Å². The quantitative estimate of drug-likeness (QED) is 0.206. The fourth-order valence-electron chi connectivity index (χ4n) is 3.61. The molecule has 0 aliphatic heterocycles. The average molecular weight is 473 g/mol. The normalized spacial score (nSPS) is 11.4. The molecule has 3 heterocycles. The van der Waals surface area contributed by atoms with Gasteiger partial charge in [-0.15, -0.1) is 0 Å². The lowest BCUT2D eigenvalue weighted by Crippen LogP contribution is -2.34. The Morgan fingerprint density at radius 2 is 1.88 bits per heavy atom. The van der Waals surface area contributed by atoms with E-state index in [9.17, 15) is 14.4 Å². The van der Waals surface area contributed by atoms with Crippen LogP contribution in [-0.4, -0.2) is 26.0 Å². The molecule has 0 saturated heterocycles. The standard InChI is InChI=1S/C24H17ClN6O3/c25-16-8-9-17-18(11-16)28-21-20(22(17)32)24(34)31(30-23(21)33)13-15-6-4-14(5-7-15)12-27-29-19-3-1-2-10-26-19/h1-12H,13H2,(H,26,29)(H,28,32)(H,30,33)/b27-12-. The van der Waals surface area contributed by atoms with E-state index in [1.165, 1.54) is 6.07 Å². The van der Waals surface area contributed by atoms with Crippen molar-refractivity contribution >= 4 is 45.4 Å². The number of halogens is 1. The van der Waals surface area contributed by atoms with E-state index in [0.29, 0.717) is 16.4 Å². The molecule has 0 aliphatic rings. The molecule has 2 aromatic carbocycles. The minimum absolute atomic E-state index is 0.0759. The summed E-state index contributed by atoms with van der Waals surface area (Å²) in [5, 5.41) is 7.19. The summed E-state index contributed by atoms with van der Waals surface area (Å²) in [6, 6.07) is 17.4. The number of fused-ring (bicyclic) bond motifs is 2. The lowest BCUT2D eigenvalue weighted by atomic mass is 10.1. The maximum Gasteiger partial charge on any atom is 0.287 e. The first kappa shape index (κ1) is 21.4. The van der Waals surface area contributed by atoms with Gasteiger partial charge in [-0.1, -0.05) is 41.9 Å². The summed E-state index contributed by atoms with van der Waals surface area (Å²) in [5.41, 5.74) is 3.06. The molecule has 0 unspecified atom stereocenters. The van der Waals surface area contributed by atoms with Crippen LogP contribution in [0, 0.1) is 0 Å². The van der Waals surface area contributed by atoms with Crippen molar-refractivity contribution in [2.45, 2.75) is 6.54 Å². The molecular weight excluding hydrogens is 456 g/mol. The van der Waals surface area contributed by atoms with Gasteiger partial charge < -0.3 is 4.98 Å². The van der Waals surface area contributed by atoms with Gasteiger partial charge in [-0.3, -0.25) is 24.9 Å². The van der Waals surface area contributed by atoms with Gasteiger partial charge in [0, 0.05) is 16.6 Å². The summed E-state index contributed by atoms with van der Waals surface area (Å²) < 4.78 is 1.13. The highest BCUT2D eigenvalue weighted by Gasteiger charge is 2.15. The van der Waals surface area contributed by atoms with Gasteiger partial charge in [0.1, 0.15) is 16.7 Å². The van der Waals surface area contributed by atoms with E-state index in [4.69, 9.17) is 11.6 Å². The number of anilines is 1. The molecule has 0 spiro atoms. The summed E-state index contributed by atoms with van der Waals surface area (Å²) in [7, 11) is 0. The Morgan fingerprint density at radius 3 is 2.65 bits per heavy atom. The van der Waals surface area contributed by atoms with Crippen molar-refractivity contribution in [1.82, 2.24) is 19.7 Å². The Bertz CT molecular complexity index is 1720. The Balaban J connectivity index is 1.44. The first-order valence-corrected chi connectivity index (χ1v) is 10.6. The van der Waals surface area contributed by atoms with E-state index in [1.807, 2.05) is 36.4 Å². The molecule has 5 aromatic rings. The number of hydrazone groups is 1. The molecule has 0 atom stereocenters. The number of aromatic nitrogens is 4. The van der Waals surface area contributed by atoms with Crippen molar-refractivity contribution in [3.63, 3.8) is 0 Å². The molecule has 0 bridgehead atoms. The van der Waals surface area contributed by atoms with Crippen molar-refractivity contribution in [3.8, 4) is 0 Å². The second-order valence-electron chi connectivity index (χ2n) is 7.55. The number of nitrogens with one attached hydrogen (secondary N) is 3. The van der Waals surface area contributed by atoms with Crippen LogP contribution in [0.15, 0.2) is 86.3 Å². The van der Waals surface area contributed by atoms with E-state index >= 15 is 0 Å². The highest BCUT2D eigenvalue weighted by atomic mass is 35.5. The molecule has 5 rings (SSSR count). The van der Waals surface area contributed by atoms with Crippen molar-refractivity contribution < 1.29 is 0 Å². The van der Waals surface area contributed by atoms with Crippen LogP contribution in [0.2, 0.25) is 5.02 Å². The first-order valence-electron chi connectivity index (χ1n) is 10.3. The van der Waals surface area contributed by atoms with Crippen molar-refractivity contribution in [1.29, 1.82) is 0 Å².